The van der Waals surface area contributed by atoms with Crippen LogP contribution in [0.15, 0.2) is 48.8 Å². The fraction of sp³-hybridized carbons (Fsp3) is 0.350. The van der Waals surface area contributed by atoms with Crippen LogP contribution < -0.4 is 15.4 Å². The highest BCUT2D eigenvalue weighted by molar-refractivity contribution is 5.90. The van der Waals surface area contributed by atoms with Crippen molar-refractivity contribution in [2.45, 2.75) is 25.3 Å². The normalized spacial score (nSPS) is 21.8. The molecule has 7 heteroatoms. The van der Waals surface area contributed by atoms with E-state index >= 15 is 0 Å². The Hall–Kier alpha value is -3.09. The van der Waals surface area contributed by atoms with Crippen LogP contribution in [0.2, 0.25) is 0 Å². The number of hydrogen-bond acceptors (Lipinski definition) is 4. The number of aromatic nitrogens is 1. The molecule has 2 bridgehead atoms. The Morgan fingerprint density at radius 3 is 2.78 bits per heavy atom. The first-order chi connectivity index (χ1) is 13.2. The molecule has 0 radical (unpaired) electrons. The molecular formula is C20H22N4O3. The van der Waals surface area contributed by atoms with Gasteiger partial charge < -0.3 is 20.3 Å². The number of nitrogens with one attached hydrogen (secondary N) is 2. The lowest BCUT2D eigenvalue weighted by Crippen LogP contribution is -2.43. The van der Waals surface area contributed by atoms with Crippen LogP contribution in [0.4, 0.5) is 10.5 Å². The number of pyridine rings is 1. The van der Waals surface area contributed by atoms with E-state index in [4.69, 9.17) is 4.74 Å². The van der Waals surface area contributed by atoms with E-state index in [2.05, 4.69) is 15.6 Å². The number of carbonyl (C=O) groups excluding carboxylic acids is 2. The van der Waals surface area contributed by atoms with Gasteiger partial charge in [0.2, 0.25) is 5.91 Å². The summed E-state index contributed by atoms with van der Waals surface area (Å²) in [5, 5.41) is 5.95. The summed E-state index contributed by atoms with van der Waals surface area (Å²) in [4.78, 5) is 30.5. The third-order valence-electron chi connectivity index (χ3n) is 4.97. The van der Waals surface area contributed by atoms with Gasteiger partial charge in [0, 0.05) is 31.0 Å². The maximum Gasteiger partial charge on any atom is 0.321 e. The second-order valence-corrected chi connectivity index (χ2v) is 6.98. The van der Waals surface area contributed by atoms with Gasteiger partial charge >= 0.3 is 6.03 Å². The quantitative estimate of drug-likeness (QED) is 0.875. The molecule has 2 atom stereocenters. The van der Waals surface area contributed by atoms with Crippen molar-refractivity contribution in [2.24, 2.45) is 5.92 Å². The molecule has 140 valence electrons. The van der Waals surface area contributed by atoms with E-state index in [0.29, 0.717) is 30.3 Å². The van der Waals surface area contributed by atoms with Crippen LogP contribution in [0.3, 0.4) is 0 Å². The molecule has 3 heterocycles. The second kappa shape index (κ2) is 7.65. The molecule has 2 saturated heterocycles. The summed E-state index contributed by atoms with van der Waals surface area (Å²) in [5.41, 5.74) is 0.687. The van der Waals surface area contributed by atoms with Crippen molar-refractivity contribution in [1.82, 2.24) is 15.2 Å². The molecule has 2 N–H and O–H groups in total. The lowest BCUT2D eigenvalue weighted by molar-refractivity contribution is -0.124. The van der Waals surface area contributed by atoms with Crippen molar-refractivity contribution >= 4 is 17.6 Å². The third-order valence-corrected chi connectivity index (χ3v) is 4.97. The van der Waals surface area contributed by atoms with Gasteiger partial charge in [0.1, 0.15) is 11.5 Å². The largest absolute Gasteiger partial charge is 0.456 e. The van der Waals surface area contributed by atoms with Crippen molar-refractivity contribution in [1.29, 1.82) is 0 Å². The molecule has 1 aromatic heterocycles. The Morgan fingerprint density at radius 1 is 1.15 bits per heavy atom. The molecule has 2 aromatic rings. The van der Waals surface area contributed by atoms with Gasteiger partial charge in [0.15, 0.2) is 0 Å². The van der Waals surface area contributed by atoms with E-state index in [1.165, 1.54) is 0 Å². The smallest absolute Gasteiger partial charge is 0.321 e. The molecule has 1 aromatic carbocycles. The molecule has 2 fully saturated rings. The summed E-state index contributed by atoms with van der Waals surface area (Å²) in [6, 6.07) is 10.7. The number of benzene rings is 1. The van der Waals surface area contributed by atoms with Crippen molar-refractivity contribution in [3.8, 4) is 11.5 Å². The van der Waals surface area contributed by atoms with E-state index in [1.54, 1.807) is 47.6 Å². The lowest BCUT2D eigenvalue weighted by atomic mass is 9.99. The lowest BCUT2D eigenvalue weighted by Gasteiger charge is -2.27. The summed E-state index contributed by atoms with van der Waals surface area (Å²) >= 11 is 0. The number of fused-ring (bicyclic) bond motifs is 3. The fourth-order valence-corrected chi connectivity index (χ4v) is 3.57. The number of ether oxygens (including phenoxy) is 1. The minimum atomic E-state index is -0.177. The van der Waals surface area contributed by atoms with Crippen LogP contribution in [0.1, 0.15) is 19.3 Å². The number of urea groups is 1. The van der Waals surface area contributed by atoms with E-state index in [9.17, 15) is 9.59 Å². The summed E-state index contributed by atoms with van der Waals surface area (Å²) < 4.78 is 5.70. The van der Waals surface area contributed by atoms with Gasteiger partial charge in [-0.1, -0.05) is 6.42 Å². The number of hydrogen-bond donors (Lipinski definition) is 2. The predicted molar refractivity (Wildman–Crippen MR) is 101 cm³/mol. The van der Waals surface area contributed by atoms with Crippen LogP contribution in [0.5, 0.6) is 11.5 Å². The summed E-state index contributed by atoms with van der Waals surface area (Å²) in [5.74, 6) is 1.28. The Labute approximate surface area is 157 Å². The molecule has 4 rings (SSSR count). The number of rotatable bonds is 3. The molecule has 0 spiro atoms. The van der Waals surface area contributed by atoms with Gasteiger partial charge in [-0.15, -0.1) is 0 Å². The van der Waals surface area contributed by atoms with E-state index in [1.807, 2.05) is 6.07 Å². The summed E-state index contributed by atoms with van der Waals surface area (Å²) in [7, 11) is 0. The van der Waals surface area contributed by atoms with Crippen LogP contribution in [-0.4, -0.2) is 41.0 Å². The van der Waals surface area contributed by atoms with E-state index in [0.717, 1.165) is 19.3 Å². The molecule has 2 aliphatic rings. The Morgan fingerprint density at radius 2 is 2.00 bits per heavy atom. The first-order valence-corrected chi connectivity index (χ1v) is 9.21. The number of carbonyl (C=O) groups is 2. The zero-order chi connectivity index (χ0) is 18.6. The molecule has 0 aliphatic carbocycles. The van der Waals surface area contributed by atoms with Gasteiger partial charge in [-0.25, -0.2) is 4.79 Å². The molecule has 2 unspecified atom stereocenters. The monoisotopic (exact) mass is 366 g/mol. The standard InChI is InChI=1S/C20H22N4O3/c25-19-14-3-1-4-16(22-19)13-24(12-14)20(26)23-15-6-8-17(9-7-15)27-18-5-2-10-21-11-18/h2,5-11,14,16H,1,3-4,12-13H2,(H,22,25)(H,23,26). The highest BCUT2D eigenvalue weighted by Gasteiger charge is 2.34. The van der Waals surface area contributed by atoms with Crippen LogP contribution in [0.25, 0.3) is 0 Å². The first kappa shape index (κ1) is 17.3. The zero-order valence-electron chi connectivity index (χ0n) is 14.9. The minimum absolute atomic E-state index is 0.0472. The first-order valence-electron chi connectivity index (χ1n) is 9.21. The van der Waals surface area contributed by atoms with Crippen molar-refractivity contribution in [3.05, 3.63) is 48.8 Å². The van der Waals surface area contributed by atoms with Crippen LogP contribution >= 0.6 is 0 Å². The maximum absolute atomic E-state index is 12.7. The Kier molecular flexibility index (Phi) is 4.91. The number of likely N-dealkylation sites (tertiary alicyclic amines) is 1. The number of anilines is 1. The van der Waals surface area contributed by atoms with Crippen LogP contribution in [0, 0.1) is 5.92 Å². The van der Waals surface area contributed by atoms with Gasteiger partial charge in [-0.05, 0) is 49.2 Å². The molecule has 27 heavy (non-hydrogen) atoms. The molecule has 2 aliphatic heterocycles. The average molecular weight is 366 g/mol. The highest BCUT2D eigenvalue weighted by Crippen LogP contribution is 2.24. The Balaban J connectivity index is 1.38. The topological polar surface area (TPSA) is 83.6 Å². The Bertz CT molecular complexity index is 810. The van der Waals surface area contributed by atoms with Gasteiger partial charge in [0.05, 0.1) is 12.1 Å². The highest BCUT2D eigenvalue weighted by atomic mass is 16.5. The maximum atomic E-state index is 12.7. The van der Waals surface area contributed by atoms with Gasteiger partial charge in [0.25, 0.3) is 0 Å². The van der Waals surface area contributed by atoms with Crippen molar-refractivity contribution in [2.75, 3.05) is 18.4 Å². The summed E-state index contributed by atoms with van der Waals surface area (Å²) in [6.45, 7) is 1.02. The number of amides is 3. The predicted octanol–water partition coefficient (Wildman–Crippen LogP) is 3.01. The second-order valence-electron chi connectivity index (χ2n) is 6.98. The molecule has 0 saturated carbocycles. The fourth-order valence-electron chi connectivity index (χ4n) is 3.57. The minimum Gasteiger partial charge on any atom is -0.456 e. The number of nitrogens with zero attached hydrogens (tertiary/aromatic N) is 2. The average Bonchev–Trinajstić information content (AvgIpc) is 2.93. The SMILES string of the molecule is O=C1NC2CCCC1CN(C(=O)Nc1ccc(Oc3cccnc3)cc1)C2. The van der Waals surface area contributed by atoms with Gasteiger partial charge in [-0.2, -0.15) is 0 Å². The van der Waals surface area contributed by atoms with Gasteiger partial charge in [-0.3, -0.25) is 9.78 Å². The summed E-state index contributed by atoms with van der Waals surface area (Å²) in [6.07, 6.45) is 6.12. The van der Waals surface area contributed by atoms with Crippen LogP contribution in [-0.2, 0) is 4.79 Å². The zero-order valence-corrected chi connectivity index (χ0v) is 14.9. The van der Waals surface area contributed by atoms with E-state index < -0.39 is 0 Å². The van der Waals surface area contributed by atoms with Crippen molar-refractivity contribution < 1.29 is 14.3 Å². The van der Waals surface area contributed by atoms with Crippen molar-refractivity contribution in [3.63, 3.8) is 0 Å². The molecule has 3 amide bonds. The third kappa shape index (κ3) is 4.19. The molecular weight excluding hydrogens is 344 g/mol. The van der Waals surface area contributed by atoms with E-state index in [-0.39, 0.29) is 23.9 Å². The molecule has 7 nitrogen and oxygen atoms in total.